The predicted molar refractivity (Wildman–Crippen MR) is 60.3 cm³/mol. The molecular weight excluding hydrogens is 244 g/mol. The first-order valence-electron chi connectivity index (χ1n) is 5.75. The topological polar surface area (TPSA) is 76.0 Å². The molecule has 0 aromatic rings. The quantitative estimate of drug-likeness (QED) is 0.630. The van der Waals surface area contributed by atoms with Crippen LogP contribution in [0.2, 0.25) is 0 Å². The number of sulfone groups is 1. The average Bonchev–Trinajstić information content (AvgIpc) is 2.81. The molecule has 0 aromatic carbocycles. The van der Waals surface area contributed by atoms with E-state index in [4.69, 9.17) is 4.74 Å². The molecule has 1 amide bonds. The van der Waals surface area contributed by atoms with Gasteiger partial charge in [0.2, 0.25) is 0 Å². The highest BCUT2D eigenvalue weighted by Gasteiger charge is 2.43. The number of hydrogen-bond donors (Lipinski definition) is 0. The lowest BCUT2D eigenvalue weighted by Gasteiger charge is -2.20. The van der Waals surface area contributed by atoms with Gasteiger partial charge in [-0.25, -0.2) is 13.4 Å². The zero-order chi connectivity index (χ0) is 12.0. The highest BCUT2D eigenvalue weighted by atomic mass is 32.2. The highest BCUT2D eigenvalue weighted by molar-refractivity contribution is 7.91. The lowest BCUT2D eigenvalue weighted by molar-refractivity contribution is -0.135. The molecule has 2 saturated heterocycles. The fraction of sp³-hybridized carbons (Fsp3) is 0.800. The van der Waals surface area contributed by atoms with Gasteiger partial charge in [0.25, 0.3) is 5.91 Å². The van der Waals surface area contributed by atoms with Crippen molar-refractivity contribution in [2.75, 3.05) is 24.7 Å². The van der Waals surface area contributed by atoms with E-state index < -0.39 is 9.84 Å². The van der Waals surface area contributed by atoms with Crippen LogP contribution in [0.25, 0.3) is 0 Å². The smallest absolute Gasteiger partial charge is 0.254 e. The van der Waals surface area contributed by atoms with Crippen LogP contribution < -0.4 is 0 Å². The molecule has 0 radical (unpaired) electrons. The van der Waals surface area contributed by atoms with Gasteiger partial charge in [-0.15, -0.1) is 0 Å². The third-order valence-electron chi connectivity index (χ3n) is 3.50. The minimum atomic E-state index is -2.98. The minimum absolute atomic E-state index is 0.0447. The second kappa shape index (κ2) is 3.78. The lowest BCUT2D eigenvalue weighted by atomic mass is 10.00. The summed E-state index contributed by atoms with van der Waals surface area (Å²) in [5, 5.41) is 5.68. The van der Waals surface area contributed by atoms with Crippen molar-refractivity contribution in [1.82, 2.24) is 5.01 Å². The maximum Gasteiger partial charge on any atom is 0.254 e. The Hall–Kier alpha value is -0.950. The van der Waals surface area contributed by atoms with Crippen molar-refractivity contribution in [3.63, 3.8) is 0 Å². The van der Waals surface area contributed by atoms with Crippen molar-refractivity contribution < 1.29 is 17.9 Å². The van der Waals surface area contributed by atoms with Crippen LogP contribution >= 0.6 is 0 Å². The van der Waals surface area contributed by atoms with E-state index in [0.717, 1.165) is 5.71 Å². The molecule has 0 aromatic heterocycles. The van der Waals surface area contributed by atoms with Crippen LogP contribution in [0, 0.1) is 5.92 Å². The summed E-state index contributed by atoms with van der Waals surface area (Å²) in [4.78, 5) is 12.1. The molecule has 0 saturated carbocycles. The lowest BCUT2D eigenvalue weighted by Crippen LogP contribution is -2.39. The number of carbonyl (C=O) groups is 1. The molecule has 3 heterocycles. The Kier molecular flexibility index (Phi) is 2.48. The van der Waals surface area contributed by atoms with Gasteiger partial charge in [-0.05, 0) is 6.42 Å². The fourth-order valence-electron chi connectivity index (χ4n) is 2.56. The number of rotatable bonds is 1. The summed E-state index contributed by atoms with van der Waals surface area (Å²) in [7, 11) is -2.98. The van der Waals surface area contributed by atoms with Gasteiger partial charge in [0.1, 0.15) is 5.92 Å². The Labute approximate surface area is 99.5 Å². The number of hydrogen-bond acceptors (Lipinski definition) is 5. The molecule has 0 spiro atoms. The third-order valence-corrected chi connectivity index (χ3v) is 5.25. The van der Waals surface area contributed by atoms with Gasteiger partial charge in [-0.3, -0.25) is 4.79 Å². The minimum Gasteiger partial charge on any atom is -0.380 e. The number of fused-ring (bicyclic) bond motifs is 1. The Bertz CT molecular complexity index is 485. The van der Waals surface area contributed by atoms with Crippen LogP contribution in [0.15, 0.2) is 5.10 Å². The third kappa shape index (κ3) is 1.87. The van der Waals surface area contributed by atoms with Crippen LogP contribution in [0.4, 0.5) is 0 Å². The van der Waals surface area contributed by atoms with E-state index >= 15 is 0 Å². The maximum absolute atomic E-state index is 12.1. The molecule has 17 heavy (non-hydrogen) atoms. The van der Waals surface area contributed by atoms with Crippen molar-refractivity contribution in [1.29, 1.82) is 0 Å². The van der Waals surface area contributed by atoms with Crippen molar-refractivity contribution in [3.8, 4) is 0 Å². The molecule has 3 aliphatic rings. The number of nitrogens with zero attached hydrogens (tertiary/aromatic N) is 2. The molecular formula is C10H14N2O4S. The highest BCUT2D eigenvalue weighted by Crippen LogP contribution is 2.27. The van der Waals surface area contributed by atoms with E-state index in [1.54, 1.807) is 0 Å². The number of amides is 1. The maximum atomic E-state index is 12.1. The van der Waals surface area contributed by atoms with Gasteiger partial charge in [-0.1, -0.05) is 0 Å². The van der Waals surface area contributed by atoms with Gasteiger partial charge in [0, 0.05) is 6.42 Å². The first-order valence-corrected chi connectivity index (χ1v) is 7.57. The van der Waals surface area contributed by atoms with E-state index in [1.165, 1.54) is 5.01 Å². The summed E-state index contributed by atoms with van der Waals surface area (Å²) in [5.74, 6) is -0.162. The van der Waals surface area contributed by atoms with Crippen molar-refractivity contribution in [3.05, 3.63) is 0 Å². The number of hydrazone groups is 1. The summed E-state index contributed by atoms with van der Waals surface area (Å²) in [5.41, 5.74) is 0.852. The van der Waals surface area contributed by atoms with Crippen molar-refractivity contribution in [2.45, 2.75) is 18.9 Å². The zero-order valence-corrected chi connectivity index (χ0v) is 10.1. The molecule has 7 heteroatoms. The summed E-state index contributed by atoms with van der Waals surface area (Å²) in [6, 6.07) is -0.273. The van der Waals surface area contributed by atoms with Crippen molar-refractivity contribution >= 4 is 21.5 Å². The molecule has 2 fully saturated rings. The molecule has 0 aliphatic carbocycles. The van der Waals surface area contributed by atoms with E-state index in [-0.39, 0.29) is 29.4 Å². The van der Waals surface area contributed by atoms with Gasteiger partial charge in [-0.2, -0.15) is 5.10 Å². The molecule has 94 valence electrons. The summed E-state index contributed by atoms with van der Waals surface area (Å²) < 4.78 is 28.1. The first kappa shape index (κ1) is 11.2. The van der Waals surface area contributed by atoms with Gasteiger partial charge < -0.3 is 4.74 Å². The van der Waals surface area contributed by atoms with Crippen LogP contribution in [-0.2, 0) is 19.4 Å². The Morgan fingerprint density at radius 2 is 2.24 bits per heavy atom. The van der Waals surface area contributed by atoms with Gasteiger partial charge in [0.15, 0.2) is 9.84 Å². The standard InChI is InChI=1S/C10H14N2O4S/c13-10-8-5-16-3-1-9(8)11-12(10)7-2-4-17(14,15)6-7/h7-8H,1-6H2. The summed E-state index contributed by atoms with van der Waals surface area (Å²) >= 11 is 0. The fourth-order valence-corrected chi connectivity index (χ4v) is 4.25. The molecule has 2 unspecified atom stereocenters. The first-order chi connectivity index (χ1) is 8.07. The number of carbonyl (C=O) groups excluding carboxylic acids is 1. The largest absolute Gasteiger partial charge is 0.380 e. The molecule has 2 atom stereocenters. The Morgan fingerprint density at radius 1 is 1.41 bits per heavy atom. The van der Waals surface area contributed by atoms with E-state index in [9.17, 15) is 13.2 Å². The molecule has 3 aliphatic heterocycles. The van der Waals surface area contributed by atoms with E-state index in [0.29, 0.717) is 26.1 Å². The van der Waals surface area contributed by atoms with E-state index in [1.807, 2.05) is 0 Å². The van der Waals surface area contributed by atoms with Crippen molar-refractivity contribution in [2.24, 2.45) is 11.0 Å². The monoisotopic (exact) mass is 258 g/mol. The van der Waals surface area contributed by atoms with Crippen LogP contribution in [0.1, 0.15) is 12.8 Å². The zero-order valence-electron chi connectivity index (χ0n) is 9.33. The molecule has 0 bridgehead atoms. The summed E-state index contributed by atoms with van der Waals surface area (Å²) in [6.07, 6.45) is 1.17. The number of ether oxygens (including phenoxy) is 1. The van der Waals surface area contributed by atoms with Gasteiger partial charge >= 0.3 is 0 Å². The normalized spacial score (nSPS) is 35.9. The second-order valence-corrected chi connectivity index (χ2v) is 6.94. The summed E-state index contributed by atoms with van der Waals surface area (Å²) in [6.45, 7) is 0.979. The van der Waals surface area contributed by atoms with Crippen LogP contribution in [0.3, 0.4) is 0 Å². The second-order valence-electron chi connectivity index (χ2n) is 4.71. The molecule has 6 nitrogen and oxygen atoms in total. The average molecular weight is 258 g/mol. The van der Waals surface area contributed by atoms with E-state index in [2.05, 4.69) is 5.10 Å². The molecule has 0 N–H and O–H groups in total. The SMILES string of the molecule is O=C1C2COCCC2=NN1C1CCS(=O)(=O)C1. The van der Waals surface area contributed by atoms with Gasteiger partial charge in [0.05, 0.1) is 36.5 Å². The Balaban J connectivity index is 1.81. The Morgan fingerprint density at radius 3 is 2.88 bits per heavy atom. The molecule has 3 rings (SSSR count). The van der Waals surface area contributed by atoms with Crippen LogP contribution in [-0.4, -0.2) is 55.8 Å². The van der Waals surface area contributed by atoms with Crippen LogP contribution in [0.5, 0.6) is 0 Å². The predicted octanol–water partition coefficient (Wildman–Crippen LogP) is -0.592.